The van der Waals surface area contributed by atoms with Gasteiger partial charge in [-0.15, -0.1) is 0 Å². The number of piperazine rings is 1. The molecule has 0 saturated carbocycles. The Morgan fingerprint density at radius 3 is 2.07 bits per heavy atom. The van der Waals surface area contributed by atoms with Crippen LogP contribution >= 0.6 is 0 Å². The SMILES string of the molecule is FC(F)(F)c1ccc2c(N3CCN(c4nccc(C(F)(F)F)n4)CC3)ccnc2c1. The monoisotopic (exact) mass is 427 g/mol. The van der Waals surface area contributed by atoms with Crippen LogP contribution in [0.1, 0.15) is 11.3 Å². The van der Waals surface area contributed by atoms with Crippen molar-refractivity contribution >= 4 is 22.5 Å². The molecule has 1 aliphatic rings. The molecule has 0 bridgehead atoms. The average molecular weight is 427 g/mol. The number of aromatic nitrogens is 3. The molecule has 0 spiro atoms. The standard InChI is InChI=1S/C19H15F6N5/c20-18(21,22)12-1-2-13-14(11-12)26-5-3-15(13)29-7-9-30(10-8-29)17-27-6-4-16(28-17)19(23,24)25/h1-6,11H,7-10H2. The van der Waals surface area contributed by atoms with Crippen molar-refractivity contribution in [1.82, 2.24) is 15.0 Å². The number of pyridine rings is 1. The molecule has 0 unspecified atom stereocenters. The molecular weight excluding hydrogens is 412 g/mol. The van der Waals surface area contributed by atoms with Crippen molar-refractivity contribution in [1.29, 1.82) is 0 Å². The van der Waals surface area contributed by atoms with Gasteiger partial charge in [0.15, 0.2) is 0 Å². The van der Waals surface area contributed by atoms with Crippen LogP contribution in [-0.2, 0) is 12.4 Å². The first-order valence-electron chi connectivity index (χ1n) is 8.99. The van der Waals surface area contributed by atoms with Gasteiger partial charge in [-0.3, -0.25) is 4.98 Å². The Bertz CT molecular complexity index is 1060. The number of benzene rings is 1. The van der Waals surface area contributed by atoms with E-state index in [4.69, 9.17) is 0 Å². The third-order valence-corrected chi connectivity index (χ3v) is 4.88. The first-order chi connectivity index (χ1) is 14.1. The molecule has 4 rings (SSSR count). The van der Waals surface area contributed by atoms with Crippen LogP contribution < -0.4 is 9.80 Å². The van der Waals surface area contributed by atoms with E-state index < -0.39 is 23.6 Å². The van der Waals surface area contributed by atoms with Gasteiger partial charge >= 0.3 is 12.4 Å². The molecule has 0 atom stereocenters. The second-order valence-corrected chi connectivity index (χ2v) is 6.77. The summed E-state index contributed by atoms with van der Waals surface area (Å²) in [6.45, 7) is 1.62. The Hall–Kier alpha value is -3.11. The normalized spacial score (nSPS) is 15.7. The number of hydrogen-bond acceptors (Lipinski definition) is 5. The third kappa shape index (κ3) is 3.96. The van der Waals surface area contributed by atoms with Gasteiger partial charge in [0.25, 0.3) is 0 Å². The molecule has 2 aromatic heterocycles. The van der Waals surface area contributed by atoms with Crippen LogP contribution in [0.5, 0.6) is 0 Å². The number of anilines is 2. The summed E-state index contributed by atoms with van der Waals surface area (Å²) in [5, 5.41) is 0.578. The number of alkyl halides is 6. The van der Waals surface area contributed by atoms with Crippen molar-refractivity contribution in [2.24, 2.45) is 0 Å². The summed E-state index contributed by atoms with van der Waals surface area (Å²) in [4.78, 5) is 15.2. The molecule has 0 N–H and O–H groups in total. The second kappa shape index (κ2) is 7.29. The maximum Gasteiger partial charge on any atom is 0.433 e. The molecule has 30 heavy (non-hydrogen) atoms. The average Bonchev–Trinajstić information content (AvgIpc) is 2.72. The van der Waals surface area contributed by atoms with Crippen LogP contribution in [0.3, 0.4) is 0 Å². The van der Waals surface area contributed by atoms with E-state index in [-0.39, 0.29) is 11.5 Å². The van der Waals surface area contributed by atoms with E-state index in [1.54, 1.807) is 11.0 Å². The van der Waals surface area contributed by atoms with Crippen molar-refractivity contribution in [2.45, 2.75) is 12.4 Å². The highest BCUT2D eigenvalue weighted by Crippen LogP contribution is 2.34. The summed E-state index contributed by atoms with van der Waals surface area (Å²) >= 11 is 0. The highest BCUT2D eigenvalue weighted by atomic mass is 19.4. The van der Waals surface area contributed by atoms with Crippen molar-refractivity contribution in [3.8, 4) is 0 Å². The molecule has 5 nitrogen and oxygen atoms in total. The minimum absolute atomic E-state index is 0.00104. The van der Waals surface area contributed by atoms with Crippen LogP contribution in [0.2, 0.25) is 0 Å². The van der Waals surface area contributed by atoms with E-state index in [1.165, 1.54) is 12.3 Å². The molecule has 0 aliphatic carbocycles. The van der Waals surface area contributed by atoms with Gasteiger partial charge in [-0.2, -0.15) is 26.3 Å². The van der Waals surface area contributed by atoms with Gasteiger partial charge < -0.3 is 9.80 Å². The van der Waals surface area contributed by atoms with Gasteiger partial charge in [0.2, 0.25) is 5.95 Å². The third-order valence-electron chi connectivity index (χ3n) is 4.88. The van der Waals surface area contributed by atoms with Crippen molar-refractivity contribution in [2.75, 3.05) is 36.0 Å². The summed E-state index contributed by atoms with van der Waals surface area (Å²) in [7, 11) is 0. The highest BCUT2D eigenvalue weighted by molar-refractivity contribution is 5.92. The Balaban J connectivity index is 1.54. The van der Waals surface area contributed by atoms with Crippen molar-refractivity contribution in [3.05, 3.63) is 54.0 Å². The van der Waals surface area contributed by atoms with Crippen molar-refractivity contribution < 1.29 is 26.3 Å². The quantitative estimate of drug-likeness (QED) is 0.568. The number of rotatable bonds is 2. The summed E-state index contributed by atoms with van der Waals surface area (Å²) in [6.07, 6.45) is -6.49. The van der Waals surface area contributed by atoms with E-state index in [2.05, 4.69) is 15.0 Å². The van der Waals surface area contributed by atoms with E-state index in [0.717, 1.165) is 30.1 Å². The van der Waals surface area contributed by atoms with E-state index in [1.807, 2.05) is 4.90 Å². The lowest BCUT2D eigenvalue weighted by Crippen LogP contribution is -2.47. The molecule has 1 aromatic carbocycles. The fraction of sp³-hybridized carbons (Fsp3) is 0.316. The molecule has 3 aromatic rings. The zero-order valence-corrected chi connectivity index (χ0v) is 15.4. The molecular formula is C19H15F6N5. The zero-order valence-electron chi connectivity index (χ0n) is 15.4. The Morgan fingerprint density at radius 2 is 1.40 bits per heavy atom. The van der Waals surface area contributed by atoms with Crippen LogP contribution in [-0.4, -0.2) is 41.1 Å². The topological polar surface area (TPSA) is 45.2 Å². The van der Waals surface area contributed by atoms with Crippen LogP contribution in [0.25, 0.3) is 10.9 Å². The fourth-order valence-electron chi connectivity index (χ4n) is 3.39. The summed E-state index contributed by atoms with van der Waals surface area (Å²) in [6, 6.07) is 5.94. The summed E-state index contributed by atoms with van der Waals surface area (Å²) < 4.78 is 77.5. The molecule has 1 fully saturated rings. The van der Waals surface area contributed by atoms with Crippen LogP contribution in [0, 0.1) is 0 Å². The van der Waals surface area contributed by atoms with E-state index >= 15 is 0 Å². The second-order valence-electron chi connectivity index (χ2n) is 6.77. The lowest BCUT2D eigenvalue weighted by molar-refractivity contribution is -0.141. The molecule has 0 amide bonds. The predicted molar refractivity (Wildman–Crippen MR) is 98.2 cm³/mol. The molecule has 11 heteroatoms. The molecule has 0 radical (unpaired) electrons. The number of fused-ring (bicyclic) bond motifs is 1. The van der Waals surface area contributed by atoms with Crippen LogP contribution in [0.15, 0.2) is 42.7 Å². The lowest BCUT2D eigenvalue weighted by Gasteiger charge is -2.36. The molecule has 158 valence electrons. The molecule has 1 aliphatic heterocycles. The van der Waals surface area contributed by atoms with Gasteiger partial charge in [0, 0.05) is 49.6 Å². The fourth-order valence-corrected chi connectivity index (χ4v) is 3.39. The Morgan fingerprint density at radius 1 is 0.733 bits per heavy atom. The van der Waals surface area contributed by atoms with E-state index in [9.17, 15) is 26.3 Å². The predicted octanol–water partition coefficient (Wildman–Crippen LogP) is 4.39. The lowest BCUT2D eigenvalue weighted by atomic mass is 10.1. The summed E-state index contributed by atoms with van der Waals surface area (Å²) in [5.74, 6) is -0.00104. The maximum absolute atomic E-state index is 13.0. The van der Waals surface area contributed by atoms with Crippen molar-refractivity contribution in [3.63, 3.8) is 0 Å². The Kier molecular flexibility index (Phi) is 4.91. The van der Waals surface area contributed by atoms with E-state index in [0.29, 0.717) is 31.6 Å². The number of nitrogens with zero attached hydrogens (tertiary/aromatic N) is 5. The summed E-state index contributed by atoms with van der Waals surface area (Å²) in [5.41, 5.74) is -0.828. The highest BCUT2D eigenvalue weighted by Gasteiger charge is 2.34. The zero-order chi connectivity index (χ0) is 21.5. The minimum atomic E-state index is -4.55. The van der Waals surface area contributed by atoms with Gasteiger partial charge in [0.1, 0.15) is 5.69 Å². The van der Waals surface area contributed by atoms with Gasteiger partial charge in [-0.05, 0) is 24.3 Å². The maximum atomic E-state index is 13.0. The first-order valence-corrected chi connectivity index (χ1v) is 8.99. The molecule has 3 heterocycles. The first kappa shape index (κ1) is 20.2. The van der Waals surface area contributed by atoms with Crippen LogP contribution in [0.4, 0.5) is 38.0 Å². The number of halogens is 6. The minimum Gasteiger partial charge on any atom is -0.367 e. The van der Waals surface area contributed by atoms with Gasteiger partial charge in [0.05, 0.1) is 11.1 Å². The Labute approximate surface area is 167 Å². The van der Waals surface area contributed by atoms with Gasteiger partial charge in [-0.1, -0.05) is 6.07 Å². The molecule has 1 saturated heterocycles. The van der Waals surface area contributed by atoms with Gasteiger partial charge in [-0.25, -0.2) is 9.97 Å². The largest absolute Gasteiger partial charge is 0.433 e. The smallest absolute Gasteiger partial charge is 0.367 e. The number of hydrogen-bond donors (Lipinski definition) is 0.